The van der Waals surface area contributed by atoms with Crippen molar-refractivity contribution in [2.75, 3.05) is 12.4 Å². The molecule has 0 amide bonds. The highest BCUT2D eigenvalue weighted by atomic mass is 35.5. The van der Waals surface area contributed by atoms with Gasteiger partial charge in [-0.25, -0.2) is 0 Å². The fourth-order valence-corrected chi connectivity index (χ4v) is 2.28. The van der Waals surface area contributed by atoms with Gasteiger partial charge in [0.2, 0.25) is 0 Å². The fourth-order valence-electron chi connectivity index (χ4n) is 2.11. The molecule has 0 radical (unpaired) electrons. The first kappa shape index (κ1) is 15.1. The van der Waals surface area contributed by atoms with Crippen LogP contribution in [0.3, 0.4) is 0 Å². The summed E-state index contributed by atoms with van der Waals surface area (Å²) in [6, 6.07) is 11.9. The Labute approximate surface area is 127 Å². The highest BCUT2D eigenvalue weighted by molar-refractivity contribution is 6.30. The average molecular weight is 307 g/mol. The Bertz CT molecular complexity index is 661. The summed E-state index contributed by atoms with van der Waals surface area (Å²) < 4.78 is 5.31. The molecule has 1 atom stereocenters. The Balaban J connectivity index is 2.31. The van der Waals surface area contributed by atoms with Gasteiger partial charge in [-0.3, -0.25) is 10.1 Å². The molecule has 0 bridgehead atoms. The van der Waals surface area contributed by atoms with Crippen LogP contribution in [0.1, 0.15) is 18.5 Å². The van der Waals surface area contributed by atoms with E-state index in [9.17, 15) is 10.1 Å². The van der Waals surface area contributed by atoms with Gasteiger partial charge >= 0.3 is 0 Å². The van der Waals surface area contributed by atoms with Crippen LogP contribution < -0.4 is 10.1 Å². The highest BCUT2D eigenvalue weighted by Gasteiger charge is 2.18. The zero-order chi connectivity index (χ0) is 15.4. The largest absolute Gasteiger partial charge is 0.496 e. The molecule has 1 unspecified atom stereocenters. The van der Waals surface area contributed by atoms with Gasteiger partial charge in [-0.05, 0) is 25.1 Å². The lowest BCUT2D eigenvalue weighted by atomic mass is 10.1. The number of hydrogen-bond acceptors (Lipinski definition) is 4. The molecule has 0 aliphatic carbocycles. The third-order valence-electron chi connectivity index (χ3n) is 3.13. The fraction of sp³-hybridized carbons (Fsp3) is 0.200. The summed E-state index contributed by atoms with van der Waals surface area (Å²) in [7, 11) is 1.59. The molecule has 2 aromatic rings. The number of nitrogens with one attached hydrogen (secondary N) is 1. The van der Waals surface area contributed by atoms with Crippen molar-refractivity contribution in [1.29, 1.82) is 0 Å². The van der Waals surface area contributed by atoms with Crippen molar-refractivity contribution in [1.82, 2.24) is 0 Å². The first-order valence-electron chi connectivity index (χ1n) is 6.36. The minimum absolute atomic E-state index is 0.0516. The van der Waals surface area contributed by atoms with E-state index in [4.69, 9.17) is 16.3 Å². The molecule has 0 saturated carbocycles. The average Bonchev–Trinajstić information content (AvgIpc) is 2.48. The van der Waals surface area contributed by atoms with E-state index in [1.54, 1.807) is 19.2 Å². The SMILES string of the molecule is COc1ccccc1C(C)Nc1ccc(Cl)cc1[N+](=O)[O-]. The van der Waals surface area contributed by atoms with Gasteiger partial charge < -0.3 is 10.1 Å². The first-order chi connectivity index (χ1) is 10.0. The Morgan fingerprint density at radius 3 is 2.67 bits per heavy atom. The van der Waals surface area contributed by atoms with E-state index in [-0.39, 0.29) is 11.7 Å². The number of benzene rings is 2. The van der Waals surface area contributed by atoms with Crippen molar-refractivity contribution in [3.05, 3.63) is 63.2 Å². The molecule has 2 aromatic carbocycles. The second-order valence-electron chi connectivity index (χ2n) is 4.53. The van der Waals surface area contributed by atoms with Crippen molar-refractivity contribution in [2.45, 2.75) is 13.0 Å². The molecule has 2 rings (SSSR count). The van der Waals surface area contributed by atoms with Crippen LogP contribution in [0.25, 0.3) is 0 Å². The molecule has 0 aromatic heterocycles. The topological polar surface area (TPSA) is 64.4 Å². The summed E-state index contributed by atoms with van der Waals surface area (Å²) in [4.78, 5) is 10.6. The maximum Gasteiger partial charge on any atom is 0.293 e. The summed E-state index contributed by atoms with van der Waals surface area (Å²) in [6.45, 7) is 1.91. The minimum Gasteiger partial charge on any atom is -0.496 e. The molecule has 0 spiro atoms. The summed E-state index contributed by atoms with van der Waals surface area (Å²) in [5.74, 6) is 0.731. The van der Waals surface area contributed by atoms with E-state index in [2.05, 4.69) is 5.32 Å². The normalized spacial score (nSPS) is 11.8. The smallest absolute Gasteiger partial charge is 0.293 e. The Kier molecular flexibility index (Phi) is 4.65. The van der Waals surface area contributed by atoms with E-state index in [0.717, 1.165) is 11.3 Å². The van der Waals surface area contributed by atoms with E-state index >= 15 is 0 Å². The first-order valence-corrected chi connectivity index (χ1v) is 6.74. The number of anilines is 1. The van der Waals surface area contributed by atoms with Gasteiger partial charge in [0.1, 0.15) is 11.4 Å². The molecule has 6 heteroatoms. The minimum atomic E-state index is -0.455. The van der Waals surface area contributed by atoms with E-state index in [1.807, 2.05) is 31.2 Å². The summed E-state index contributed by atoms with van der Waals surface area (Å²) in [5, 5.41) is 14.6. The molecule has 0 aliphatic heterocycles. The third kappa shape index (κ3) is 3.44. The monoisotopic (exact) mass is 306 g/mol. The third-order valence-corrected chi connectivity index (χ3v) is 3.37. The summed E-state index contributed by atoms with van der Waals surface area (Å²) in [6.07, 6.45) is 0. The maximum atomic E-state index is 11.1. The predicted octanol–water partition coefficient (Wildman–Crippen LogP) is 4.43. The van der Waals surface area contributed by atoms with Crippen LogP contribution in [-0.4, -0.2) is 12.0 Å². The van der Waals surface area contributed by atoms with Crippen molar-refractivity contribution < 1.29 is 9.66 Å². The molecule has 0 fully saturated rings. The van der Waals surface area contributed by atoms with Gasteiger partial charge in [0.25, 0.3) is 5.69 Å². The van der Waals surface area contributed by atoms with Gasteiger partial charge in [-0.1, -0.05) is 29.8 Å². The Hall–Kier alpha value is -2.27. The second-order valence-corrected chi connectivity index (χ2v) is 4.96. The zero-order valence-corrected chi connectivity index (χ0v) is 12.4. The maximum absolute atomic E-state index is 11.1. The number of para-hydroxylation sites is 1. The zero-order valence-electron chi connectivity index (χ0n) is 11.7. The van der Waals surface area contributed by atoms with Crippen LogP contribution in [0.4, 0.5) is 11.4 Å². The van der Waals surface area contributed by atoms with Crippen molar-refractivity contribution in [3.8, 4) is 5.75 Å². The lowest BCUT2D eigenvalue weighted by Gasteiger charge is -2.18. The molecule has 5 nitrogen and oxygen atoms in total. The van der Waals surface area contributed by atoms with Crippen molar-refractivity contribution in [3.63, 3.8) is 0 Å². The molecular formula is C15H15ClN2O3. The number of methoxy groups -OCH3 is 1. The van der Waals surface area contributed by atoms with Gasteiger partial charge in [-0.2, -0.15) is 0 Å². The Morgan fingerprint density at radius 1 is 1.29 bits per heavy atom. The van der Waals surface area contributed by atoms with E-state index in [0.29, 0.717) is 10.7 Å². The van der Waals surface area contributed by atoms with Crippen LogP contribution in [0.2, 0.25) is 5.02 Å². The summed E-state index contributed by atoms with van der Waals surface area (Å²) >= 11 is 5.81. The highest BCUT2D eigenvalue weighted by Crippen LogP contribution is 2.33. The molecule has 0 heterocycles. The van der Waals surface area contributed by atoms with Crippen molar-refractivity contribution in [2.24, 2.45) is 0 Å². The van der Waals surface area contributed by atoms with E-state index < -0.39 is 4.92 Å². The lowest BCUT2D eigenvalue weighted by molar-refractivity contribution is -0.384. The van der Waals surface area contributed by atoms with Crippen LogP contribution in [-0.2, 0) is 0 Å². The van der Waals surface area contributed by atoms with Gasteiger partial charge in [0.15, 0.2) is 0 Å². The van der Waals surface area contributed by atoms with E-state index in [1.165, 1.54) is 6.07 Å². The van der Waals surface area contributed by atoms with Crippen LogP contribution in [0, 0.1) is 10.1 Å². The van der Waals surface area contributed by atoms with Crippen LogP contribution in [0.15, 0.2) is 42.5 Å². The number of ether oxygens (including phenoxy) is 1. The molecule has 1 N–H and O–H groups in total. The number of nitro groups is 1. The Morgan fingerprint density at radius 2 is 2.00 bits per heavy atom. The van der Waals surface area contributed by atoms with Gasteiger partial charge in [0, 0.05) is 16.7 Å². The second kappa shape index (κ2) is 6.45. The van der Waals surface area contributed by atoms with Gasteiger partial charge in [0.05, 0.1) is 18.1 Å². The quantitative estimate of drug-likeness (QED) is 0.655. The lowest BCUT2D eigenvalue weighted by Crippen LogP contribution is -2.09. The molecule has 110 valence electrons. The number of nitrogens with zero attached hydrogens (tertiary/aromatic N) is 1. The number of nitro benzene ring substituents is 1. The van der Waals surface area contributed by atoms with Gasteiger partial charge in [-0.15, -0.1) is 0 Å². The predicted molar refractivity (Wildman–Crippen MR) is 83.1 cm³/mol. The molecular weight excluding hydrogens is 292 g/mol. The molecule has 0 aliphatic rings. The number of halogens is 1. The van der Waals surface area contributed by atoms with Crippen LogP contribution in [0.5, 0.6) is 5.75 Å². The summed E-state index contributed by atoms with van der Waals surface area (Å²) in [5.41, 5.74) is 1.29. The molecule has 21 heavy (non-hydrogen) atoms. The molecule has 0 saturated heterocycles. The van der Waals surface area contributed by atoms with Crippen LogP contribution >= 0.6 is 11.6 Å². The standard InChI is InChI=1S/C15H15ClN2O3/c1-10(12-5-3-4-6-15(12)21-2)17-13-8-7-11(16)9-14(13)18(19)20/h3-10,17H,1-2H3. The van der Waals surface area contributed by atoms with Crippen molar-refractivity contribution >= 4 is 23.0 Å². The number of rotatable bonds is 5. The number of hydrogen-bond donors (Lipinski definition) is 1.